The predicted molar refractivity (Wildman–Crippen MR) is 115 cm³/mol. The third kappa shape index (κ3) is 4.25. The lowest BCUT2D eigenvalue weighted by molar-refractivity contribution is -0.113. The number of carbonyl (C=O) groups excluding carboxylic acids is 1. The minimum absolute atomic E-state index is 0.140. The Hall–Kier alpha value is -2.91. The van der Waals surface area contributed by atoms with Gasteiger partial charge in [-0.1, -0.05) is 41.3 Å². The molecule has 7 nitrogen and oxygen atoms in total. The number of carbonyl (C=O) groups is 1. The van der Waals surface area contributed by atoms with Gasteiger partial charge in [-0.3, -0.25) is 4.79 Å². The first-order valence-electron chi connectivity index (χ1n) is 8.81. The van der Waals surface area contributed by atoms with E-state index in [4.69, 9.17) is 9.15 Å². The van der Waals surface area contributed by atoms with Crippen molar-refractivity contribution in [2.45, 2.75) is 19.1 Å². The Balaban J connectivity index is 1.40. The van der Waals surface area contributed by atoms with Crippen LogP contribution in [0.25, 0.3) is 21.7 Å². The van der Waals surface area contributed by atoms with Gasteiger partial charge in [0.25, 0.3) is 11.1 Å². The van der Waals surface area contributed by atoms with Crippen LogP contribution in [0.5, 0.6) is 5.75 Å². The number of methoxy groups -OCH3 is 1. The molecule has 0 radical (unpaired) electrons. The Morgan fingerprint density at radius 2 is 2.07 bits per heavy atom. The van der Waals surface area contributed by atoms with Crippen LogP contribution in [0.2, 0.25) is 0 Å². The Morgan fingerprint density at radius 3 is 2.90 bits per heavy atom. The summed E-state index contributed by atoms with van der Waals surface area (Å²) in [7, 11) is 1.58. The number of nitrogens with one attached hydrogen (secondary N) is 1. The van der Waals surface area contributed by atoms with Gasteiger partial charge in [-0.15, -0.1) is 10.2 Å². The lowest BCUT2D eigenvalue weighted by Gasteiger charge is -2.03. The zero-order chi connectivity index (χ0) is 20.4. The number of nitrogens with zero attached hydrogens (tertiary/aromatic N) is 3. The SMILES string of the molecule is COc1ccccc1-c1nnc(SCC(=O)Nc2nc3c(C)cc(C)cc3s2)o1. The molecule has 4 aromatic rings. The van der Waals surface area contributed by atoms with Gasteiger partial charge < -0.3 is 14.5 Å². The summed E-state index contributed by atoms with van der Waals surface area (Å²) in [4.78, 5) is 16.8. The number of thiazole rings is 1. The van der Waals surface area contributed by atoms with Crippen LogP contribution in [0, 0.1) is 13.8 Å². The van der Waals surface area contributed by atoms with Gasteiger partial charge in [-0.2, -0.15) is 0 Å². The molecule has 0 spiro atoms. The van der Waals surface area contributed by atoms with E-state index >= 15 is 0 Å². The molecule has 0 saturated carbocycles. The van der Waals surface area contributed by atoms with Gasteiger partial charge >= 0.3 is 0 Å². The number of aryl methyl sites for hydroxylation is 2. The highest BCUT2D eigenvalue weighted by Crippen LogP contribution is 2.31. The van der Waals surface area contributed by atoms with Crippen LogP contribution in [0.15, 0.2) is 46.0 Å². The molecule has 0 fully saturated rings. The molecule has 0 aliphatic heterocycles. The van der Waals surface area contributed by atoms with Crippen molar-refractivity contribution in [2.75, 3.05) is 18.2 Å². The van der Waals surface area contributed by atoms with Crippen LogP contribution in [-0.4, -0.2) is 34.0 Å². The summed E-state index contributed by atoms with van der Waals surface area (Å²) in [5, 5.41) is 11.8. The molecule has 0 bridgehead atoms. The molecule has 148 valence electrons. The summed E-state index contributed by atoms with van der Waals surface area (Å²) in [6.45, 7) is 4.07. The van der Waals surface area contributed by atoms with Gasteiger partial charge in [-0.05, 0) is 43.2 Å². The molecule has 29 heavy (non-hydrogen) atoms. The smallest absolute Gasteiger partial charge is 0.277 e. The molecule has 2 aromatic heterocycles. The lowest BCUT2D eigenvalue weighted by atomic mass is 10.1. The van der Waals surface area contributed by atoms with Crippen molar-refractivity contribution in [3.05, 3.63) is 47.5 Å². The highest BCUT2D eigenvalue weighted by molar-refractivity contribution is 7.99. The molecule has 0 unspecified atom stereocenters. The fraction of sp³-hybridized carbons (Fsp3) is 0.200. The monoisotopic (exact) mass is 426 g/mol. The molecule has 4 rings (SSSR count). The zero-order valence-electron chi connectivity index (χ0n) is 16.1. The zero-order valence-corrected chi connectivity index (χ0v) is 17.7. The molecule has 0 aliphatic carbocycles. The first-order valence-corrected chi connectivity index (χ1v) is 10.6. The average molecular weight is 427 g/mol. The summed E-state index contributed by atoms with van der Waals surface area (Å²) >= 11 is 2.64. The second-order valence-corrected chi connectivity index (χ2v) is 8.32. The van der Waals surface area contributed by atoms with Crippen LogP contribution in [-0.2, 0) is 4.79 Å². The van der Waals surface area contributed by atoms with Gasteiger partial charge in [0.2, 0.25) is 5.91 Å². The number of benzene rings is 2. The second kappa shape index (κ2) is 8.22. The first-order chi connectivity index (χ1) is 14.0. The van der Waals surface area contributed by atoms with E-state index < -0.39 is 0 Å². The van der Waals surface area contributed by atoms with Crippen molar-refractivity contribution >= 4 is 44.4 Å². The number of amides is 1. The van der Waals surface area contributed by atoms with Crippen molar-refractivity contribution in [2.24, 2.45) is 0 Å². The van der Waals surface area contributed by atoms with Gasteiger partial charge in [-0.25, -0.2) is 4.98 Å². The predicted octanol–water partition coefficient (Wildman–Crippen LogP) is 4.70. The maximum Gasteiger partial charge on any atom is 0.277 e. The third-order valence-corrected chi connectivity index (χ3v) is 5.88. The van der Waals surface area contributed by atoms with Crippen LogP contribution in [0.3, 0.4) is 0 Å². The topological polar surface area (TPSA) is 90.1 Å². The molecule has 9 heteroatoms. The molecule has 2 heterocycles. The first kappa shape index (κ1) is 19.4. The fourth-order valence-electron chi connectivity index (χ4n) is 2.90. The summed E-state index contributed by atoms with van der Waals surface area (Å²) in [6.07, 6.45) is 0. The highest BCUT2D eigenvalue weighted by Gasteiger charge is 2.15. The van der Waals surface area contributed by atoms with Crippen LogP contribution >= 0.6 is 23.1 Å². The van der Waals surface area contributed by atoms with E-state index in [1.165, 1.54) is 28.7 Å². The van der Waals surface area contributed by atoms with Crippen LogP contribution in [0.4, 0.5) is 5.13 Å². The number of thioether (sulfide) groups is 1. The Morgan fingerprint density at radius 1 is 1.24 bits per heavy atom. The van der Waals surface area contributed by atoms with Crippen LogP contribution in [0.1, 0.15) is 11.1 Å². The molecular weight excluding hydrogens is 408 g/mol. The van der Waals surface area contributed by atoms with E-state index in [0.29, 0.717) is 27.6 Å². The maximum atomic E-state index is 12.3. The van der Waals surface area contributed by atoms with Gasteiger partial charge in [0.05, 0.1) is 28.6 Å². The molecular formula is C20H18N4O3S2. The molecule has 0 saturated heterocycles. The second-order valence-electron chi connectivity index (χ2n) is 6.36. The van der Waals surface area contributed by atoms with E-state index in [9.17, 15) is 4.79 Å². The Bertz CT molecular complexity index is 1190. The van der Waals surface area contributed by atoms with Crippen molar-refractivity contribution in [3.63, 3.8) is 0 Å². The van der Waals surface area contributed by atoms with E-state index in [-0.39, 0.29) is 11.7 Å². The summed E-state index contributed by atoms with van der Waals surface area (Å²) in [6, 6.07) is 11.5. The van der Waals surface area contributed by atoms with E-state index in [1.54, 1.807) is 7.11 Å². The highest BCUT2D eigenvalue weighted by atomic mass is 32.2. The average Bonchev–Trinajstić information content (AvgIpc) is 3.33. The number of aromatic nitrogens is 3. The van der Waals surface area contributed by atoms with Gasteiger partial charge in [0, 0.05) is 0 Å². The normalized spacial score (nSPS) is 11.0. The standard InChI is InChI=1S/C20H18N4O3S2/c1-11-8-12(2)17-15(9-11)29-19(22-17)21-16(25)10-28-20-24-23-18(27-20)13-6-4-5-7-14(13)26-3/h4-9H,10H2,1-3H3,(H,21,22,25). The fourth-order valence-corrected chi connectivity index (χ4v) is 4.53. The lowest BCUT2D eigenvalue weighted by Crippen LogP contribution is -2.13. The molecule has 0 atom stereocenters. The summed E-state index contributed by atoms with van der Waals surface area (Å²) in [5.41, 5.74) is 3.90. The quantitative estimate of drug-likeness (QED) is 0.447. The van der Waals surface area contributed by atoms with Crippen LogP contribution < -0.4 is 10.1 Å². The minimum atomic E-state index is -0.180. The Labute approximate surface area is 175 Å². The third-order valence-electron chi connectivity index (χ3n) is 4.15. The Kier molecular flexibility index (Phi) is 5.50. The number of para-hydroxylation sites is 1. The number of hydrogen-bond donors (Lipinski definition) is 1. The number of anilines is 1. The summed E-state index contributed by atoms with van der Waals surface area (Å²) in [5.74, 6) is 0.955. The molecule has 1 amide bonds. The number of rotatable bonds is 6. The van der Waals surface area contributed by atoms with E-state index in [2.05, 4.69) is 32.6 Å². The van der Waals surface area contributed by atoms with Crippen molar-refractivity contribution in [1.29, 1.82) is 0 Å². The number of hydrogen-bond acceptors (Lipinski definition) is 8. The van der Waals surface area contributed by atoms with Gasteiger partial charge in [0.15, 0.2) is 5.13 Å². The van der Waals surface area contributed by atoms with Crippen molar-refractivity contribution in [3.8, 4) is 17.2 Å². The summed E-state index contributed by atoms with van der Waals surface area (Å²) < 4.78 is 12.0. The van der Waals surface area contributed by atoms with Crippen molar-refractivity contribution in [1.82, 2.24) is 15.2 Å². The largest absolute Gasteiger partial charge is 0.496 e. The van der Waals surface area contributed by atoms with Gasteiger partial charge in [0.1, 0.15) is 5.75 Å². The number of fused-ring (bicyclic) bond motifs is 1. The van der Waals surface area contributed by atoms with E-state index in [0.717, 1.165) is 15.8 Å². The van der Waals surface area contributed by atoms with E-state index in [1.807, 2.05) is 38.1 Å². The van der Waals surface area contributed by atoms with Crippen molar-refractivity contribution < 1.29 is 13.9 Å². The molecule has 1 N–H and O–H groups in total. The number of ether oxygens (including phenoxy) is 1. The maximum absolute atomic E-state index is 12.3. The molecule has 0 aliphatic rings. The minimum Gasteiger partial charge on any atom is -0.496 e. The molecule has 2 aromatic carbocycles.